The standard InChI is InChI=1S/C25H21N3O5S/c1-16(34-25-28-27-24(33-25)18-7-12-21-22(13-18)32-15-31-21)23(29)26-19-8-10-20(11-9-19)30-14-17-5-3-2-4-6-17/h2-13,16H,14-15H2,1H3,(H,26,29). The fourth-order valence-electron chi connectivity index (χ4n) is 3.23. The van der Waals surface area contributed by atoms with E-state index < -0.39 is 5.25 Å². The molecule has 1 aliphatic rings. The molecule has 34 heavy (non-hydrogen) atoms. The van der Waals surface area contributed by atoms with Gasteiger partial charge in [-0.1, -0.05) is 42.1 Å². The second-order valence-corrected chi connectivity index (χ2v) is 8.78. The van der Waals surface area contributed by atoms with Gasteiger partial charge in [-0.25, -0.2) is 0 Å². The summed E-state index contributed by atoms with van der Waals surface area (Å²) < 4.78 is 22.2. The van der Waals surface area contributed by atoms with Crippen LogP contribution in [0.2, 0.25) is 0 Å². The number of aromatic nitrogens is 2. The molecule has 1 atom stereocenters. The summed E-state index contributed by atoms with van der Waals surface area (Å²) in [6, 6.07) is 22.6. The van der Waals surface area contributed by atoms with Crippen LogP contribution in [0.1, 0.15) is 12.5 Å². The summed E-state index contributed by atoms with van der Waals surface area (Å²) in [7, 11) is 0. The molecule has 172 valence electrons. The molecule has 8 nitrogen and oxygen atoms in total. The molecule has 1 aliphatic heterocycles. The van der Waals surface area contributed by atoms with Crippen molar-refractivity contribution in [3.8, 4) is 28.7 Å². The number of rotatable bonds is 8. The smallest absolute Gasteiger partial charge is 0.277 e. The minimum atomic E-state index is -0.445. The van der Waals surface area contributed by atoms with Gasteiger partial charge in [-0.15, -0.1) is 10.2 Å². The molecule has 5 rings (SSSR count). The van der Waals surface area contributed by atoms with Crippen LogP contribution in [0.4, 0.5) is 5.69 Å². The lowest BCUT2D eigenvalue weighted by Gasteiger charge is -2.11. The zero-order valence-corrected chi connectivity index (χ0v) is 19.1. The fourth-order valence-corrected chi connectivity index (χ4v) is 3.91. The van der Waals surface area contributed by atoms with Gasteiger partial charge in [0.2, 0.25) is 18.6 Å². The zero-order chi connectivity index (χ0) is 23.3. The number of anilines is 1. The van der Waals surface area contributed by atoms with E-state index in [1.807, 2.05) is 48.5 Å². The van der Waals surface area contributed by atoms with Crippen LogP contribution in [0.5, 0.6) is 17.2 Å². The van der Waals surface area contributed by atoms with Crippen molar-refractivity contribution >= 4 is 23.4 Å². The van der Waals surface area contributed by atoms with E-state index in [4.69, 9.17) is 18.6 Å². The van der Waals surface area contributed by atoms with Crippen LogP contribution >= 0.6 is 11.8 Å². The number of ether oxygens (including phenoxy) is 3. The van der Waals surface area contributed by atoms with Crippen molar-refractivity contribution < 1.29 is 23.4 Å². The number of hydrogen-bond donors (Lipinski definition) is 1. The van der Waals surface area contributed by atoms with Crippen molar-refractivity contribution in [2.45, 2.75) is 24.0 Å². The lowest BCUT2D eigenvalue weighted by molar-refractivity contribution is -0.115. The molecule has 9 heteroatoms. The molecule has 0 aliphatic carbocycles. The van der Waals surface area contributed by atoms with E-state index in [0.717, 1.165) is 16.9 Å². The fraction of sp³-hybridized carbons (Fsp3) is 0.160. The summed E-state index contributed by atoms with van der Waals surface area (Å²) in [6.07, 6.45) is 0. The maximum absolute atomic E-state index is 12.6. The third kappa shape index (κ3) is 5.15. The van der Waals surface area contributed by atoms with Crippen LogP contribution in [0.25, 0.3) is 11.5 Å². The van der Waals surface area contributed by atoms with Crippen molar-refractivity contribution in [2.75, 3.05) is 12.1 Å². The van der Waals surface area contributed by atoms with Gasteiger partial charge in [0.25, 0.3) is 5.22 Å². The number of nitrogens with one attached hydrogen (secondary N) is 1. The van der Waals surface area contributed by atoms with E-state index in [-0.39, 0.29) is 12.7 Å². The maximum Gasteiger partial charge on any atom is 0.277 e. The molecule has 0 saturated carbocycles. The van der Waals surface area contributed by atoms with E-state index in [1.54, 1.807) is 31.2 Å². The number of nitrogens with zero attached hydrogens (tertiary/aromatic N) is 2. The van der Waals surface area contributed by atoms with Crippen molar-refractivity contribution in [3.63, 3.8) is 0 Å². The Morgan fingerprint density at radius 1 is 1.03 bits per heavy atom. The number of thioether (sulfide) groups is 1. The summed E-state index contributed by atoms with van der Waals surface area (Å²) in [4.78, 5) is 12.6. The van der Waals surface area contributed by atoms with Gasteiger partial charge >= 0.3 is 0 Å². The van der Waals surface area contributed by atoms with Crippen LogP contribution in [0.15, 0.2) is 82.4 Å². The highest BCUT2D eigenvalue weighted by molar-refractivity contribution is 8.00. The molecule has 1 N–H and O–H groups in total. The highest BCUT2D eigenvalue weighted by atomic mass is 32.2. The predicted molar refractivity (Wildman–Crippen MR) is 127 cm³/mol. The van der Waals surface area contributed by atoms with Crippen molar-refractivity contribution in [1.82, 2.24) is 10.2 Å². The molecule has 0 saturated heterocycles. The first-order valence-corrected chi connectivity index (χ1v) is 11.5. The number of hydrogen-bond acceptors (Lipinski definition) is 8. The molecule has 1 amide bonds. The Morgan fingerprint density at radius 3 is 2.65 bits per heavy atom. The average Bonchev–Trinajstić information content (AvgIpc) is 3.53. The minimum Gasteiger partial charge on any atom is -0.489 e. The topological polar surface area (TPSA) is 95.7 Å². The number of fused-ring (bicyclic) bond motifs is 1. The quantitative estimate of drug-likeness (QED) is 0.349. The highest BCUT2D eigenvalue weighted by Gasteiger charge is 2.20. The second kappa shape index (κ2) is 9.88. The van der Waals surface area contributed by atoms with Crippen LogP contribution in [-0.4, -0.2) is 28.1 Å². The Bertz CT molecular complexity index is 1280. The van der Waals surface area contributed by atoms with E-state index in [2.05, 4.69) is 15.5 Å². The summed E-state index contributed by atoms with van der Waals surface area (Å²) in [5.41, 5.74) is 2.49. The number of carbonyl (C=O) groups is 1. The molecule has 2 heterocycles. The van der Waals surface area contributed by atoms with Crippen molar-refractivity contribution in [3.05, 3.63) is 78.4 Å². The number of benzene rings is 3. The lowest BCUT2D eigenvalue weighted by atomic mass is 10.2. The molecular formula is C25H21N3O5S. The molecular weight excluding hydrogens is 454 g/mol. The Labute approximate surface area is 200 Å². The zero-order valence-electron chi connectivity index (χ0n) is 18.3. The Hall–Kier alpha value is -3.98. The SMILES string of the molecule is CC(Sc1nnc(-c2ccc3c(c2)OCO3)o1)C(=O)Nc1ccc(OCc2ccccc2)cc1. The minimum absolute atomic E-state index is 0.175. The summed E-state index contributed by atoms with van der Waals surface area (Å²) in [6.45, 7) is 2.46. The van der Waals surface area contributed by atoms with E-state index in [1.165, 1.54) is 11.8 Å². The molecule has 0 radical (unpaired) electrons. The highest BCUT2D eigenvalue weighted by Crippen LogP contribution is 2.36. The Morgan fingerprint density at radius 2 is 1.82 bits per heavy atom. The second-order valence-electron chi connectivity index (χ2n) is 7.49. The van der Waals surface area contributed by atoms with E-state index >= 15 is 0 Å². The Balaban J connectivity index is 1.14. The van der Waals surface area contributed by atoms with Gasteiger partial charge in [0.1, 0.15) is 12.4 Å². The van der Waals surface area contributed by atoms with Crippen molar-refractivity contribution in [1.29, 1.82) is 0 Å². The first-order chi connectivity index (χ1) is 16.6. The van der Waals surface area contributed by atoms with Crippen LogP contribution in [0.3, 0.4) is 0 Å². The molecule has 1 unspecified atom stereocenters. The average molecular weight is 476 g/mol. The predicted octanol–water partition coefficient (Wildman–Crippen LogP) is 5.16. The monoisotopic (exact) mass is 475 g/mol. The summed E-state index contributed by atoms with van der Waals surface area (Å²) in [5, 5.41) is 10.9. The van der Waals surface area contributed by atoms with Crippen LogP contribution < -0.4 is 19.5 Å². The molecule has 0 bridgehead atoms. The summed E-state index contributed by atoms with van der Waals surface area (Å²) in [5.74, 6) is 2.21. The maximum atomic E-state index is 12.6. The van der Waals surface area contributed by atoms with Gasteiger partial charge in [0.05, 0.1) is 5.25 Å². The first-order valence-electron chi connectivity index (χ1n) is 10.6. The molecule has 3 aromatic carbocycles. The van der Waals surface area contributed by atoms with Crippen LogP contribution in [0, 0.1) is 0 Å². The van der Waals surface area contributed by atoms with Gasteiger partial charge in [0.15, 0.2) is 11.5 Å². The number of amides is 1. The third-order valence-corrected chi connectivity index (χ3v) is 5.98. The number of carbonyl (C=O) groups excluding carboxylic acids is 1. The Kier molecular flexibility index (Phi) is 6.35. The molecule has 0 spiro atoms. The van der Waals surface area contributed by atoms with Gasteiger partial charge in [-0.2, -0.15) is 0 Å². The molecule has 1 aromatic heterocycles. The normalized spacial score (nSPS) is 12.9. The van der Waals surface area contributed by atoms with Gasteiger partial charge < -0.3 is 23.9 Å². The molecule has 0 fully saturated rings. The first kappa shape index (κ1) is 21.8. The van der Waals surface area contributed by atoms with Gasteiger partial charge in [0, 0.05) is 11.3 Å². The van der Waals surface area contributed by atoms with Gasteiger partial charge in [-0.3, -0.25) is 4.79 Å². The molecule has 4 aromatic rings. The van der Waals surface area contributed by atoms with Crippen LogP contribution in [-0.2, 0) is 11.4 Å². The largest absolute Gasteiger partial charge is 0.489 e. The van der Waals surface area contributed by atoms with Gasteiger partial charge in [-0.05, 0) is 55.0 Å². The van der Waals surface area contributed by atoms with Crippen molar-refractivity contribution in [2.24, 2.45) is 0 Å². The third-order valence-electron chi connectivity index (χ3n) is 5.04. The van der Waals surface area contributed by atoms with E-state index in [0.29, 0.717) is 34.9 Å². The van der Waals surface area contributed by atoms with E-state index in [9.17, 15) is 4.79 Å². The summed E-state index contributed by atoms with van der Waals surface area (Å²) >= 11 is 1.19. The lowest BCUT2D eigenvalue weighted by Crippen LogP contribution is -2.22.